The van der Waals surface area contributed by atoms with Crippen molar-refractivity contribution in [3.05, 3.63) is 11.4 Å². The van der Waals surface area contributed by atoms with E-state index in [1.165, 1.54) is 29.3 Å². The minimum atomic E-state index is 0.641. The Hall–Kier alpha value is -0.640. The molecular weight excluding hydrogens is 206 g/mol. The Morgan fingerprint density at radius 2 is 2.33 bits per heavy atom. The highest BCUT2D eigenvalue weighted by atomic mass is 32.2. The van der Waals surface area contributed by atoms with E-state index < -0.39 is 0 Å². The lowest BCUT2D eigenvalue weighted by Crippen LogP contribution is -2.19. The van der Waals surface area contributed by atoms with Crippen LogP contribution in [-0.2, 0) is 6.54 Å². The maximum Gasteiger partial charge on any atom is 0.0828 e. The van der Waals surface area contributed by atoms with Crippen LogP contribution in [0.15, 0.2) is 0 Å². The van der Waals surface area contributed by atoms with Gasteiger partial charge in [0.2, 0.25) is 0 Å². The number of aromatic nitrogens is 2. The molecule has 2 rings (SSSR count). The number of hydrogen-bond acceptors (Lipinski definition) is 3. The van der Waals surface area contributed by atoms with E-state index in [0.29, 0.717) is 6.04 Å². The number of aryl methyl sites for hydroxylation is 2. The number of nitrogens with one attached hydrogen (secondary N) is 1. The lowest BCUT2D eigenvalue weighted by atomic mass is 10.2. The van der Waals surface area contributed by atoms with Crippen LogP contribution in [0.3, 0.4) is 0 Å². The van der Waals surface area contributed by atoms with Gasteiger partial charge in [0, 0.05) is 18.3 Å². The largest absolute Gasteiger partial charge is 0.378 e. The average molecular weight is 225 g/mol. The highest BCUT2D eigenvalue weighted by Gasteiger charge is 2.18. The van der Waals surface area contributed by atoms with E-state index in [2.05, 4.69) is 35.9 Å². The van der Waals surface area contributed by atoms with Crippen molar-refractivity contribution in [3.63, 3.8) is 0 Å². The molecule has 0 aliphatic carbocycles. The highest BCUT2D eigenvalue weighted by molar-refractivity contribution is 7.99. The fourth-order valence-corrected chi connectivity index (χ4v) is 3.22. The van der Waals surface area contributed by atoms with Crippen LogP contribution >= 0.6 is 11.8 Å². The normalized spacial score (nSPS) is 20.9. The monoisotopic (exact) mass is 225 g/mol. The van der Waals surface area contributed by atoms with Gasteiger partial charge in [0.25, 0.3) is 0 Å². The first-order chi connectivity index (χ1) is 7.22. The summed E-state index contributed by atoms with van der Waals surface area (Å²) >= 11 is 2.04. The van der Waals surface area contributed by atoms with Crippen LogP contribution in [-0.4, -0.2) is 27.3 Å². The SMILES string of the molecule is CCn1nc(C)c(N[C@@H]2CCSC2)c1C. The van der Waals surface area contributed by atoms with Gasteiger partial charge in [-0.1, -0.05) is 0 Å². The first-order valence-corrected chi connectivity index (χ1v) is 6.76. The number of nitrogens with zero attached hydrogens (tertiary/aromatic N) is 2. The minimum absolute atomic E-state index is 0.641. The molecule has 2 heterocycles. The van der Waals surface area contributed by atoms with Crippen LogP contribution in [0.2, 0.25) is 0 Å². The summed E-state index contributed by atoms with van der Waals surface area (Å²) in [7, 11) is 0. The summed E-state index contributed by atoms with van der Waals surface area (Å²) in [5.74, 6) is 2.52. The molecule has 1 atom stereocenters. The van der Waals surface area contributed by atoms with Gasteiger partial charge in [0.05, 0.1) is 17.1 Å². The molecule has 15 heavy (non-hydrogen) atoms. The van der Waals surface area contributed by atoms with Gasteiger partial charge in [0.15, 0.2) is 0 Å². The lowest BCUT2D eigenvalue weighted by molar-refractivity contribution is 0.634. The molecule has 0 amide bonds. The highest BCUT2D eigenvalue weighted by Crippen LogP contribution is 2.25. The molecule has 0 radical (unpaired) electrons. The van der Waals surface area contributed by atoms with Crippen molar-refractivity contribution in [1.29, 1.82) is 0 Å². The van der Waals surface area contributed by atoms with E-state index in [1.807, 2.05) is 11.8 Å². The maximum absolute atomic E-state index is 4.52. The summed E-state index contributed by atoms with van der Waals surface area (Å²) in [6.45, 7) is 7.32. The van der Waals surface area contributed by atoms with Crippen molar-refractivity contribution >= 4 is 17.4 Å². The van der Waals surface area contributed by atoms with Gasteiger partial charge in [-0.15, -0.1) is 0 Å². The maximum atomic E-state index is 4.52. The molecule has 1 aromatic heterocycles. The molecule has 3 nitrogen and oxygen atoms in total. The molecule has 1 fully saturated rings. The Balaban J connectivity index is 2.15. The molecule has 0 aromatic carbocycles. The van der Waals surface area contributed by atoms with E-state index in [-0.39, 0.29) is 0 Å². The molecule has 84 valence electrons. The Bertz CT molecular complexity index is 340. The molecule has 1 N–H and O–H groups in total. The molecule has 1 aromatic rings. The van der Waals surface area contributed by atoms with Crippen molar-refractivity contribution in [1.82, 2.24) is 9.78 Å². The van der Waals surface area contributed by atoms with E-state index in [1.54, 1.807) is 0 Å². The van der Waals surface area contributed by atoms with Crippen molar-refractivity contribution in [2.24, 2.45) is 0 Å². The Kier molecular flexibility index (Phi) is 3.24. The zero-order valence-corrected chi connectivity index (χ0v) is 10.5. The molecule has 4 heteroatoms. The summed E-state index contributed by atoms with van der Waals surface area (Å²) in [5.41, 5.74) is 3.66. The zero-order chi connectivity index (χ0) is 10.8. The van der Waals surface area contributed by atoms with E-state index in [4.69, 9.17) is 0 Å². The van der Waals surface area contributed by atoms with Crippen molar-refractivity contribution in [2.45, 2.75) is 39.8 Å². The topological polar surface area (TPSA) is 29.9 Å². The Morgan fingerprint density at radius 3 is 2.87 bits per heavy atom. The molecule has 0 unspecified atom stereocenters. The van der Waals surface area contributed by atoms with Crippen LogP contribution < -0.4 is 5.32 Å². The van der Waals surface area contributed by atoms with Crippen molar-refractivity contribution in [3.8, 4) is 0 Å². The van der Waals surface area contributed by atoms with Gasteiger partial charge in [-0.3, -0.25) is 4.68 Å². The third-order valence-electron chi connectivity index (χ3n) is 2.96. The number of hydrogen-bond donors (Lipinski definition) is 1. The van der Waals surface area contributed by atoms with Crippen LogP contribution in [0.5, 0.6) is 0 Å². The number of rotatable bonds is 3. The Labute approximate surface area is 95.6 Å². The second-order valence-corrected chi connectivity index (χ2v) is 5.22. The molecule has 0 bridgehead atoms. The molecule has 1 aliphatic rings. The van der Waals surface area contributed by atoms with Gasteiger partial charge in [-0.05, 0) is 32.9 Å². The van der Waals surface area contributed by atoms with Crippen LogP contribution in [0.1, 0.15) is 24.7 Å². The second-order valence-electron chi connectivity index (χ2n) is 4.07. The summed E-state index contributed by atoms with van der Waals surface area (Å²) < 4.78 is 2.07. The predicted octanol–water partition coefficient (Wildman–Crippen LogP) is 2.44. The summed E-state index contributed by atoms with van der Waals surface area (Å²) in [5, 5.41) is 8.15. The van der Waals surface area contributed by atoms with Crippen LogP contribution in [0, 0.1) is 13.8 Å². The number of thioether (sulfide) groups is 1. The Morgan fingerprint density at radius 1 is 1.53 bits per heavy atom. The molecule has 0 spiro atoms. The van der Waals surface area contributed by atoms with E-state index >= 15 is 0 Å². The van der Waals surface area contributed by atoms with E-state index in [0.717, 1.165) is 12.2 Å². The summed E-state index contributed by atoms with van der Waals surface area (Å²) in [6.07, 6.45) is 1.28. The third kappa shape index (κ3) is 2.14. The third-order valence-corrected chi connectivity index (χ3v) is 4.12. The van der Waals surface area contributed by atoms with Crippen molar-refractivity contribution < 1.29 is 0 Å². The first-order valence-electron chi connectivity index (χ1n) is 5.60. The number of anilines is 1. The lowest BCUT2D eigenvalue weighted by Gasteiger charge is -2.13. The molecule has 1 aliphatic heterocycles. The van der Waals surface area contributed by atoms with Crippen LogP contribution in [0.4, 0.5) is 5.69 Å². The second kappa shape index (κ2) is 4.47. The average Bonchev–Trinajstić information content (AvgIpc) is 2.81. The quantitative estimate of drug-likeness (QED) is 0.857. The fraction of sp³-hybridized carbons (Fsp3) is 0.727. The summed E-state index contributed by atoms with van der Waals surface area (Å²) in [6, 6.07) is 0.641. The van der Waals surface area contributed by atoms with Gasteiger partial charge in [-0.2, -0.15) is 16.9 Å². The first kappa shape index (κ1) is 10.9. The van der Waals surface area contributed by atoms with Gasteiger partial charge >= 0.3 is 0 Å². The minimum Gasteiger partial charge on any atom is -0.378 e. The van der Waals surface area contributed by atoms with Gasteiger partial charge in [0.1, 0.15) is 0 Å². The molecule has 1 saturated heterocycles. The fourth-order valence-electron chi connectivity index (χ4n) is 2.07. The molecular formula is C11H19N3S. The van der Waals surface area contributed by atoms with Crippen LogP contribution in [0.25, 0.3) is 0 Å². The standard InChI is InChI=1S/C11H19N3S/c1-4-14-9(3)11(8(2)13-14)12-10-5-6-15-7-10/h10,12H,4-7H2,1-3H3/t10-/m1/s1. The van der Waals surface area contributed by atoms with Crippen molar-refractivity contribution in [2.75, 3.05) is 16.8 Å². The zero-order valence-electron chi connectivity index (χ0n) is 9.71. The van der Waals surface area contributed by atoms with Gasteiger partial charge in [-0.25, -0.2) is 0 Å². The van der Waals surface area contributed by atoms with E-state index in [9.17, 15) is 0 Å². The molecule has 0 saturated carbocycles. The smallest absolute Gasteiger partial charge is 0.0828 e. The summed E-state index contributed by atoms with van der Waals surface area (Å²) in [4.78, 5) is 0. The predicted molar refractivity (Wildman–Crippen MR) is 66.7 cm³/mol. The van der Waals surface area contributed by atoms with Gasteiger partial charge < -0.3 is 5.32 Å².